The molecule has 0 radical (unpaired) electrons. The molecule has 4 aromatic rings. The van der Waals surface area contributed by atoms with Crippen molar-refractivity contribution in [2.75, 3.05) is 37.0 Å². The molecule has 0 atom stereocenters. The van der Waals surface area contributed by atoms with Crippen molar-refractivity contribution in [1.82, 2.24) is 19.2 Å². The Labute approximate surface area is 191 Å². The van der Waals surface area contributed by atoms with Crippen LogP contribution in [0.2, 0.25) is 0 Å². The number of hydrogen-bond donors (Lipinski definition) is 0. The number of aromatic nitrogens is 2. The van der Waals surface area contributed by atoms with E-state index in [0.29, 0.717) is 24.2 Å². The van der Waals surface area contributed by atoms with Crippen LogP contribution in [0.1, 0.15) is 5.69 Å². The van der Waals surface area contributed by atoms with Crippen molar-refractivity contribution in [2.45, 2.75) is 11.4 Å². The molecule has 8 nitrogen and oxygen atoms in total. The van der Waals surface area contributed by atoms with Gasteiger partial charge >= 0.3 is 0 Å². The highest BCUT2D eigenvalue weighted by atomic mass is 32.2. The maximum absolute atomic E-state index is 13.2. The molecule has 0 unspecified atom stereocenters. The molecule has 0 N–H and O–H groups in total. The normalized spacial score (nSPS) is 17.8. The number of hydrogen-bond acceptors (Lipinski definition) is 5. The van der Waals surface area contributed by atoms with E-state index in [1.165, 1.54) is 4.31 Å². The minimum Gasteiger partial charge on any atom is -0.339 e. The Hall–Kier alpha value is -3.43. The quantitative estimate of drug-likeness (QED) is 0.466. The fourth-order valence-electron chi connectivity index (χ4n) is 4.80. The lowest BCUT2D eigenvalue weighted by Crippen LogP contribution is -2.51. The number of sulfonamides is 1. The van der Waals surface area contributed by atoms with E-state index < -0.39 is 10.0 Å². The number of amides is 1. The first-order chi connectivity index (χ1) is 16.0. The monoisotopic (exact) mass is 461 g/mol. The van der Waals surface area contributed by atoms with Gasteiger partial charge < -0.3 is 9.30 Å². The predicted octanol–water partition coefficient (Wildman–Crippen LogP) is 2.34. The van der Waals surface area contributed by atoms with Crippen molar-refractivity contribution in [3.63, 3.8) is 0 Å². The number of piperazine rings is 1. The summed E-state index contributed by atoms with van der Waals surface area (Å²) in [5, 5.41) is 1.56. The largest absolute Gasteiger partial charge is 0.339 e. The molecule has 0 saturated carbocycles. The summed E-state index contributed by atoms with van der Waals surface area (Å²) in [6.45, 7) is 3.13. The van der Waals surface area contributed by atoms with Crippen LogP contribution in [-0.2, 0) is 21.4 Å². The van der Waals surface area contributed by atoms with Crippen molar-refractivity contribution in [1.29, 1.82) is 0 Å². The average molecular weight is 462 g/mol. The van der Waals surface area contributed by atoms with Crippen molar-refractivity contribution in [3.05, 3.63) is 72.7 Å². The zero-order valence-electron chi connectivity index (χ0n) is 18.0. The summed E-state index contributed by atoms with van der Waals surface area (Å²) >= 11 is 0. The number of nitrogens with zero attached hydrogens (tertiary/aromatic N) is 5. The molecule has 33 heavy (non-hydrogen) atoms. The number of pyridine rings is 1. The maximum atomic E-state index is 13.2. The third kappa shape index (κ3) is 3.35. The van der Waals surface area contributed by atoms with Gasteiger partial charge in [-0.3, -0.25) is 14.0 Å². The summed E-state index contributed by atoms with van der Waals surface area (Å²) in [6, 6.07) is 16.7. The summed E-state index contributed by atoms with van der Waals surface area (Å²) in [5.74, 6) is -0.171. The maximum Gasteiger partial charge on any atom is 0.265 e. The summed E-state index contributed by atoms with van der Waals surface area (Å²) in [4.78, 5) is 22.0. The average Bonchev–Trinajstić information content (AvgIpc) is 3.33. The van der Waals surface area contributed by atoms with E-state index in [9.17, 15) is 13.2 Å². The molecule has 1 saturated heterocycles. The molecule has 1 amide bonds. The second-order valence-electron chi connectivity index (χ2n) is 8.50. The number of carbonyl (C=O) groups is 1. The molecular weight excluding hydrogens is 438 g/mol. The van der Waals surface area contributed by atoms with E-state index in [0.717, 1.165) is 36.4 Å². The number of fused-ring (bicyclic) bond motifs is 1. The number of benzene rings is 2. The predicted molar refractivity (Wildman–Crippen MR) is 126 cm³/mol. The summed E-state index contributed by atoms with van der Waals surface area (Å²) in [7, 11) is -3.73. The summed E-state index contributed by atoms with van der Waals surface area (Å²) in [6.07, 6.45) is 4.01. The van der Waals surface area contributed by atoms with Gasteiger partial charge in [-0.05, 0) is 29.7 Å². The second-order valence-corrected chi connectivity index (χ2v) is 10.3. The first-order valence-corrected chi connectivity index (χ1v) is 12.4. The molecule has 2 aromatic carbocycles. The van der Waals surface area contributed by atoms with E-state index in [2.05, 4.69) is 9.88 Å². The van der Waals surface area contributed by atoms with Gasteiger partial charge in [0.05, 0.1) is 16.3 Å². The molecule has 0 spiro atoms. The van der Waals surface area contributed by atoms with Crippen LogP contribution in [0.25, 0.3) is 16.4 Å². The van der Waals surface area contributed by atoms with Crippen LogP contribution < -0.4 is 4.31 Å². The lowest BCUT2D eigenvalue weighted by molar-refractivity contribution is -0.131. The Morgan fingerprint density at radius 2 is 1.73 bits per heavy atom. The van der Waals surface area contributed by atoms with Gasteiger partial charge in [-0.2, -0.15) is 0 Å². The van der Waals surface area contributed by atoms with Gasteiger partial charge in [-0.25, -0.2) is 13.4 Å². The van der Waals surface area contributed by atoms with Crippen molar-refractivity contribution < 1.29 is 13.2 Å². The zero-order chi connectivity index (χ0) is 22.6. The Kier molecular flexibility index (Phi) is 4.63. The minimum atomic E-state index is -3.73. The summed E-state index contributed by atoms with van der Waals surface area (Å²) in [5.41, 5.74) is 2.50. The Balaban J connectivity index is 1.13. The van der Waals surface area contributed by atoms with Gasteiger partial charge in [-0.1, -0.05) is 30.3 Å². The molecule has 6 rings (SSSR count). The van der Waals surface area contributed by atoms with Crippen LogP contribution in [-0.4, -0.2) is 66.2 Å². The Morgan fingerprint density at radius 3 is 2.52 bits per heavy atom. The number of imidazole rings is 1. The molecule has 0 bridgehead atoms. The second kappa shape index (κ2) is 7.57. The smallest absolute Gasteiger partial charge is 0.265 e. The van der Waals surface area contributed by atoms with Gasteiger partial charge in [0, 0.05) is 50.5 Å². The van der Waals surface area contributed by atoms with Gasteiger partial charge in [0.15, 0.2) is 0 Å². The Bertz CT molecular complexity index is 1450. The highest BCUT2D eigenvalue weighted by Gasteiger charge is 2.37. The molecule has 2 aromatic heterocycles. The van der Waals surface area contributed by atoms with Crippen molar-refractivity contribution >= 4 is 38.0 Å². The highest BCUT2D eigenvalue weighted by Crippen LogP contribution is 2.41. The number of anilines is 1. The Morgan fingerprint density at radius 1 is 0.939 bits per heavy atom. The fourth-order valence-corrected chi connectivity index (χ4v) is 6.46. The summed E-state index contributed by atoms with van der Waals surface area (Å²) < 4.78 is 29.6. The minimum absolute atomic E-state index is 0.171. The van der Waals surface area contributed by atoms with E-state index in [4.69, 9.17) is 0 Å². The SMILES string of the molecule is O=C(CN1c2cccc3cccc(c23)S1(=O)=O)N1CCN(Cc2cn3ccccc3n2)CC1. The number of rotatable bonds is 4. The van der Waals surface area contributed by atoms with Crippen LogP contribution >= 0.6 is 0 Å². The van der Waals surface area contributed by atoms with Crippen LogP contribution in [0.3, 0.4) is 0 Å². The molecule has 1 fully saturated rings. The first kappa shape index (κ1) is 20.2. The highest BCUT2D eigenvalue weighted by molar-refractivity contribution is 7.93. The topological polar surface area (TPSA) is 78.2 Å². The fraction of sp³-hybridized carbons (Fsp3) is 0.250. The lowest BCUT2D eigenvalue weighted by Gasteiger charge is -2.35. The first-order valence-electron chi connectivity index (χ1n) is 11.0. The zero-order valence-corrected chi connectivity index (χ0v) is 18.8. The van der Waals surface area contributed by atoms with Gasteiger partial charge in [0.25, 0.3) is 10.0 Å². The molecule has 9 heteroatoms. The molecule has 2 aliphatic rings. The van der Waals surface area contributed by atoms with Crippen molar-refractivity contribution in [3.8, 4) is 0 Å². The van der Waals surface area contributed by atoms with Crippen LogP contribution in [0, 0.1) is 0 Å². The van der Waals surface area contributed by atoms with E-state index in [1.807, 2.05) is 53.2 Å². The van der Waals surface area contributed by atoms with Crippen LogP contribution in [0.15, 0.2) is 71.9 Å². The van der Waals surface area contributed by atoms with Gasteiger partial charge in [0.2, 0.25) is 5.91 Å². The van der Waals surface area contributed by atoms with Crippen LogP contribution in [0.4, 0.5) is 5.69 Å². The van der Waals surface area contributed by atoms with E-state index in [-0.39, 0.29) is 17.3 Å². The van der Waals surface area contributed by atoms with E-state index in [1.54, 1.807) is 23.1 Å². The molecule has 168 valence electrons. The molecule has 0 aliphatic carbocycles. The molecular formula is C24H23N5O3S. The number of carbonyl (C=O) groups excluding carboxylic acids is 1. The van der Waals surface area contributed by atoms with E-state index >= 15 is 0 Å². The van der Waals surface area contributed by atoms with Gasteiger partial charge in [0.1, 0.15) is 12.2 Å². The third-order valence-corrected chi connectivity index (χ3v) is 8.29. The standard InChI is InChI=1S/C24H23N5O3S/c30-23(17-29-20-7-3-5-18-6-4-8-21(24(18)20)33(29,31)32)27-13-11-26(12-14-27)15-19-16-28-10-2-1-9-22(28)25-19/h1-10,16H,11-15,17H2. The van der Waals surface area contributed by atoms with Crippen molar-refractivity contribution in [2.24, 2.45) is 0 Å². The van der Waals surface area contributed by atoms with Crippen LogP contribution in [0.5, 0.6) is 0 Å². The molecule has 2 aliphatic heterocycles. The third-order valence-electron chi connectivity index (χ3n) is 6.48. The van der Waals surface area contributed by atoms with Gasteiger partial charge in [-0.15, -0.1) is 0 Å². The lowest BCUT2D eigenvalue weighted by atomic mass is 10.1. The molecule has 4 heterocycles.